The number of rotatable bonds is 4. The standard InChI is InChI=1S/C41H18N8O/c1-23-13-25(19-42)37(32(14-23)47-3)38(36-26(20-43)16-29(46-2)17-27(36)21-44)24-15-28(22-45)40(33(18-24)48-4)49-34-11-7-5-9-30(34)39-31-10-6-8-12-35(31)50-41(39)49/h5-18,38H,1H3. The van der Waals surface area contributed by atoms with E-state index in [2.05, 4.69) is 38.8 Å². The third-order valence-corrected chi connectivity index (χ3v) is 8.76. The molecular weight excluding hydrogens is 621 g/mol. The summed E-state index contributed by atoms with van der Waals surface area (Å²) in [4.78, 5) is 11.0. The highest BCUT2D eigenvalue weighted by Gasteiger charge is 2.31. The van der Waals surface area contributed by atoms with E-state index < -0.39 is 5.92 Å². The van der Waals surface area contributed by atoms with Crippen LogP contribution in [0.5, 0.6) is 0 Å². The van der Waals surface area contributed by atoms with Crippen molar-refractivity contribution in [3.63, 3.8) is 0 Å². The van der Waals surface area contributed by atoms with Crippen LogP contribution in [0.2, 0.25) is 0 Å². The number of para-hydroxylation sites is 2. The third kappa shape index (κ3) is 4.49. The summed E-state index contributed by atoms with van der Waals surface area (Å²) in [6, 6.07) is 32.9. The van der Waals surface area contributed by atoms with Gasteiger partial charge in [0.1, 0.15) is 5.58 Å². The first kappa shape index (κ1) is 30.5. The Bertz CT molecular complexity index is 2820. The lowest BCUT2D eigenvalue weighted by molar-refractivity contribution is 0.645. The number of furan rings is 1. The fourth-order valence-electron chi connectivity index (χ4n) is 6.82. The van der Waals surface area contributed by atoms with Gasteiger partial charge in [0.15, 0.2) is 11.4 Å². The van der Waals surface area contributed by atoms with Gasteiger partial charge in [-0.1, -0.05) is 54.1 Å². The molecule has 7 aromatic rings. The number of benzene rings is 5. The van der Waals surface area contributed by atoms with Gasteiger partial charge < -0.3 is 4.42 Å². The van der Waals surface area contributed by atoms with E-state index in [1.807, 2.05) is 48.5 Å². The van der Waals surface area contributed by atoms with Crippen LogP contribution in [-0.4, -0.2) is 4.57 Å². The summed E-state index contributed by atoms with van der Waals surface area (Å²) >= 11 is 0. The molecule has 0 saturated heterocycles. The predicted molar refractivity (Wildman–Crippen MR) is 187 cm³/mol. The molecule has 228 valence electrons. The first-order valence-corrected chi connectivity index (χ1v) is 15.0. The Morgan fingerprint density at radius 2 is 1.28 bits per heavy atom. The molecule has 2 heterocycles. The van der Waals surface area contributed by atoms with Crippen molar-refractivity contribution in [2.24, 2.45) is 0 Å². The number of fused-ring (bicyclic) bond motifs is 5. The van der Waals surface area contributed by atoms with Crippen molar-refractivity contribution in [3.05, 3.63) is 164 Å². The summed E-state index contributed by atoms with van der Waals surface area (Å²) in [6.07, 6.45) is 0. The molecule has 7 rings (SSSR count). The quantitative estimate of drug-likeness (QED) is 0.140. The fraction of sp³-hybridized carbons (Fsp3) is 0.0488. The molecule has 9 nitrogen and oxygen atoms in total. The molecule has 1 unspecified atom stereocenters. The molecule has 50 heavy (non-hydrogen) atoms. The van der Waals surface area contributed by atoms with E-state index in [9.17, 15) is 21.0 Å². The average Bonchev–Trinajstić information content (AvgIpc) is 3.69. The van der Waals surface area contributed by atoms with E-state index in [-0.39, 0.29) is 56.1 Å². The molecule has 9 heteroatoms. The zero-order valence-corrected chi connectivity index (χ0v) is 26.1. The highest BCUT2D eigenvalue weighted by Crippen LogP contribution is 2.47. The van der Waals surface area contributed by atoms with Crippen LogP contribution in [0.4, 0.5) is 17.1 Å². The van der Waals surface area contributed by atoms with Gasteiger partial charge in [0.25, 0.3) is 0 Å². The van der Waals surface area contributed by atoms with Crippen molar-refractivity contribution in [1.82, 2.24) is 4.57 Å². The molecule has 1 atom stereocenters. The molecule has 0 saturated carbocycles. The largest absolute Gasteiger partial charge is 0.439 e. The molecular formula is C41H18N8O. The van der Waals surface area contributed by atoms with E-state index in [1.165, 1.54) is 12.1 Å². The van der Waals surface area contributed by atoms with Crippen LogP contribution in [-0.2, 0) is 0 Å². The minimum absolute atomic E-state index is 0.00669. The first-order chi connectivity index (χ1) is 24.4. The molecule has 0 radical (unpaired) electrons. The van der Waals surface area contributed by atoms with Gasteiger partial charge in [-0.05, 0) is 60.0 Å². The van der Waals surface area contributed by atoms with Crippen LogP contribution >= 0.6 is 0 Å². The van der Waals surface area contributed by atoms with Crippen molar-refractivity contribution in [3.8, 4) is 30.0 Å². The van der Waals surface area contributed by atoms with Crippen LogP contribution in [0.1, 0.15) is 50.4 Å². The van der Waals surface area contributed by atoms with Gasteiger partial charge in [0, 0.05) is 33.4 Å². The maximum absolute atomic E-state index is 10.7. The van der Waals surface area contributed by atoms with Crippen molar-refractivity contribution >= 4 is 50.0 Å². The summed E-state index contributed by atoms with van der Waals surface area (Å²) in [6.45, 7) is 25.7. The highest BCUT2D eigenvalue weighted by molar-refractivity contribution is 6.20. The fourth-order valence-corrected chi connectivity index (χ4v) is 6.82. The topological polar surface area (TPSA) is 126 Å². The zero-order chi connectivity index (χ0) is 35.1. The molecule has 5 aromatic carbocycles. The van der Waals surface area contributed by atoms with Gasteiger partial charge in [-0.3, -0.25) is 4.57 Å². The van der Waals surface area contributed by atoms with E-state index in [1.54, 1.807) is 35.8 Å². The molecule has 0 amide bonds. The van der Waals surface area contributed by atoms with Gasteiger partial charge in [0.2, 0.25) is 11.4 Å². The third-order valence-electron chi connectivity index (χ3n) is 8.76. The van der Waals surface area contributed by atoms with Gasteiger partial charge >= 0.3 is 0 Å². The number of hydrogen-bond acceptors (Lipinski definition) is 5. The molecule has 0 fully saturated rings. The predicted octanol–water partition coefficient (Wildman–Crippen LogP) is 10.2. The minimum Gasteiger partial charge on any atom is -0.439 e. The van der Waals surface area contributed by atoms with E-state index in [0.29, 0.717) is 27.9 Å². The van der Waals surface area contributed by atoms with Gasteiger partial charge in [-0.15, -0.1) is 0 Å². The van der Waals surface area contributed by atoms with Crippen LogP contribution in [0.25, 0.3) is 53.2 Å². The monoisotopic (exact) mass is 638 g/mol. The molecule has 0 bridgehead atoms. The molecule has 0 N–H and O–H groups in total. The second-order valence-corrected chi connectivity index (χ2v) is 11.5. The Morgan fingerprint density at radius 3 is 1.92 bits per heavy atom. The van der Waals surface area contributed by atoms with Crippen LogP contribution in [0.15, 0.2) is 89.3 Å². The molecule has 0 spiro atoms. The van der Waals surface area contributed by atoms with Crippen LogP contribution in [0, 0.1) is 72.0 Å². The zero-order valence-electron chi connectivity index (χ0n) is 26.1. The Morgan fingerprint density at radius 1 is 0.660 bits per heavy atom. The highest BCUT2D eigenvalue weighted by atomic mass is 16.3. The van der Waals surface area contributed by atoms with Gasteiger partial charge in [-0.25, -0.2) is 14.5 Å². The molecule has 0 aliphatic rings. The summed E-state index contributed by atoms with van der Waals surface area (Å²) in [5.41, 5.74) is 3.88. The molecule has 0 aliphatic carbocycles. The summed E-state index contributed by atoms with van der Waals surface area (Å²) in [5, 5.41) is 44.3. The average molecular weight is 639 g/mol. The van der Waals surface area contributed by atoms with Crippen molar-refractivity contribution in [1.29, 1.82) is 21.0 Å². The van der Waals surface area contributed by atoms with Crippen molar-refractivity contribution < 1.29 is 4.42 Å². The normalized spacial score (nSPS) is 11.1. The Labute approximate surface area is 286 Å². The second kappa shape index (κ2) is 11.9. The summed E-state index contributed by atoms with van der Waals surface area (Å²) in [5.74, 6) is -1.12. The first-order valence-electron chi connectivity index (χ1n) is 15.0. The second-order valence-electron chi connectivity index (χ2n) is 11.5. The number of nitriles is 4. The smallest absolute Gasteiger partial charge is 0.212 e. The van der Waals surface area contributed by atoms with Gasteiger partial charge in [-0.2, -0.15) is 21.0 Å². The van der Waals surface area contributed by atoms with E-state index >= 15 is 0 Å². The van der Waals surface area contributed by atoms with E-state index in [0.717, 1.165) is 16.2 Å². The lowest BCUT2D eigenvalue weighted by Crippen LogP contribution is -2.12. The lowest BCUT2D eigenvalue weighted by Gasteiger charge is -2.25. The van der Waals surface area contributed by atoms with Crippen molar-refractivity contribution in [2.75, 3.05) is 0 Å². The Hall–Kier alpha value is -8.13. The maximum atomic E-state index is 10.7. The Balaban J connectivity index is 1.63. The SMILES string of the molecule is [C-]#[N+]c1cc(C#N)c(C(c2cc(C#N)c(-n3c4ccccc4c4c5ccccc5oc43)c([N+]#[C-])c2)c2c(C#N)cc(C)cc2[N+]#[C-])c(C#N)c1. The number of nitrogens with zero attached hydrogens (tertiary/aromatic N) is 8. The Kier molecular flexibility index (Phi) is 7.27. The van der Waals surface area contributed by atoms with Crippen LogP contribution in [0.3, 0.4) is 0 Å². The summed E-state index contributed by atoms with van der Waals surface area (Å²) in [7, 11) is 0. The molecule has 2 aromatic heterocycles. The molecule has 0 aliphatic heterocycles. The summed E-state index contributed by atoms with van der Waals surface area (Å²) < 4.78 is 8.14. The number of aryl methyl sites for hydroxylation is 1. The lowest BCUT2D eigenvalue weighted by atomic mass is 9.77. The number of hydrogen-bond donors (Lipinski definition) is 0. The maximum Gasteiger partial charge on any atom is 0.212 e. The van der Waals surface area contributed by atoms with E-state index in [4.69, 9.17) is 24.1 Å². The van der Waals surface area contributed by atoms with Crippen molar-refractivity contribution in [2.45, 2.75) is 12.8 Å². The minimum atomic E-state index is -1.12. The number of aromatic nitrogens is 1. The van der Waals surface area contributed by atoms with Crippen LogP contribution < -0.4 is 0 Å². The van der Waals surface area contributed by atoms with Gasteiger partial charge in [0.05, 0.1) is 66.1 Å².